The summed E-state index contributed by atoms with van der Waals surface area (Å²) in [5.41, 5.74) is 2.14. The third-order valence-corrected chi connectivity index (χ3v) is 4.64. The van der Waals surface area contributed by atoms with Crippen LogP contribution in [0.2, 0.25) is 0 Å². The summed E-state index contributed by atoms with van der Waals surface area (Å²) < 4.78 is 7.32. The van der Waals surface area contributed by atoms with Crippen molar-refractivity contribution in [2.75, 3.05) is 32.8 Å². The summed E-state index contributed by atoms with van der Waals surface area (Å²) in [6, 6.07) is 8.12. The minimum Gasteiger partial charge on any atom is -0.378 e. The highest BCUT2D eigenvalue weighted by molar-refractivity contribution is 5.74. The van der Waals surface area contributed by atoms with Gasteiger partial charge >= 0.3 is 6.03 Å². The van der Waals surface area contributed by atoms with Gasteiger partial charge in [0.2, 0.25) is 5.82 Å². The van der Waals surface area contributed by atoms with Crippen LogP contribution in [0.3, 0.4) is 0 Å². The van der Waals surface area contributed by atoms with E-state index in [9.17, 15) is 4.79 Å². The molecule has 2 aliphatic heterocycles. The maximum absolute atomic E-state index is 12.6. The Hall–Kier alpha value is -2.85. The van der Waals surface area contributed by atoms with Gasteiger partial charge < -0.3 is 19.1 Å². The van der Waals surface area contributed by atoms with Gasteiger partial charge in [-0.15, -0.1) is 10.2 Å². The third kappa shape index (κ3) is 3.41. The van der Waals surface area contributed by atoms with E-state index < -0.39 is 0 Å². The van der Waals surface area contributed by atoms with Gasteiger partial charge in [0.1, 0.15) is 0 Å². The molecule has 0 saturated carbocycles. The molecule has 7 heteroatoms. The van der Waals surface area contributed by atoms with Gasteiger partial charge in [-0.1, -0.05) is 18.1 Å². The number of aryl methyl sites for hydroxylation is 1. The summed E-state index contributed by atoms with van der Waals surface area (Å²) in [5.74, 6) is 7.70. The van der Waals surface area contributed by atoms with Crippen LogP contribution in [0.15, 0.2) is 24.3 Å². The summed E-state index contributed by atoms with van der Waals surface area (Å²) in [4.78, 5) is 16.3. The van der Waals surface area contributed by atoms with Gasteiger partial charge in [-0.05, 0) is 30.5 Å². The standard InChI is InChI=1S/C19H21N5O2/c1-15-3-2-4-16(13-15)5-6-17-20-21-18-14-23(7-8-24(17)18)19(25)22-9-11-26-12-10-22/h2-4,13H,7-12,14H2,1H3. The highest BCUT2D eigenvalue weighted by Gasteiger charge is 2.28. The number of rotatable bonds is 0. The molecule has 2 amide bonds. The second-order valence-electron chi connectivity index (χ2n) is 6.51. The molecule has 7 nitrogen and oxygen atoms in total. The van der Waals surface area contributed by atoms with Crippen LogP contribution >= 0.6 is 0 Å². The largest absolute Gasteiger partial charge is 0.378 e. The Labute approximate surface area is 152 Å². The van der Waals surface area contributed by atoms with E-state index in [2.05, 4.69) is 22.0 Å². The monoisotopic (exact) mass is 351 g/mol. The first kappa shape index (κ1) is 16.6. The lowest BCUT2D eigenvalue weighted by Gasteiger charge is -2.34. The van der Waals surface area contributed by atoms with Gasteiger partial charge in [-0.3, -0.25) is 0 Å². The predicted molar refractivity (Wildman–Crippen MR) is 95.4 cm³/mol. The van der Waals surface area contributed by atoms with Gasteiger partial charge in [0.25, 0.3) is 0 Å². The number of ether oxygens (including phenoxy) is 1. The van der Waals surface area contributed by atoms with Crippen molar-refractivity contribution >= 4 is 6.03 Å². The molecule has 2 aromatic rings. The van der Waals surface area contributed by atoms with E-state index in [0.717, 1.165) is 11.4 Å². The Bertz CT molecular complexity index is 874. The second kappa shape index (κ2) is 7.18. The van der Waals surface area contributed by atoms with Crippen molar-refractivity contribution in [3.05, 3.63) is 47.0 Å². The highest BCUT2D eigenvalue weighted by atomic mass is 16.5. The Balaban J connectivity index is 1.48. The van der Waals surface area contributed by atoms with E-state index in [1.54, 1.807) is 0 Å². The molecule has 1 aromatic heterocycles. The first-order chi connectivity index (χ1) is 12.7. The van der Waals surface area contributed by atoms with Crippen molar-refractivity contribution in [2.24, 2.45) is 0 Å². The fraction of sp³-hybridized carbons (Fsp3) is 0.421. The Morgan fingerprint density at radius 3 is 2.73 bits per heavy atom. The quantitative estimate of drug-likeness (QED) is 0.670. The van der Waals surface area contributed by atoms with Crippen LogP contribution in [0.4, 0.5) is 4.79 Å². The molecule has 2 aliphatic rings. The minimum atomic E-state index is 0.0509. The van der Waals surface area contributed by atoms with Gasteiger partial charge in [-0.2, -0.15) is 0 Å². The molecule has 0 atom stereocenters. The number of fused-ring (bicyclic) bond motifs is 1. The molecular formula is C19H21N5O2. The Morgan fingerprint density at radius 2 is 1.92 bits per heavy atom. The van der Waals surface area contributed by atoms with Crippen molar-refractivity contribution < 1.29 is 9.53 Å². The van der Waals surface area contributed by atoms with Crippen LogP contribution in [0.5, 0.6) is 0 Å². The maximum Gasteiger partial charge on any atom is 0.320 e. The molecule has 1 aromatic carbocycles. The van der Waals surface area contributed by atoms with E-state index in [0.29, 0.717) is 51.8 Å². The molecule has 0 radical (unpaired) electrons. The van der Waals surface area contributed by atoms with Gasteiger partial charge in [0, 0.05) is 31.7 Å². The lowest BCUT2D eigenvalue weighted by molar-refractivity contribution is 0.0408. The number of amides is 2. The van der Waals surface area contributed by atoms with Gasteiger partial charge in [-0.25, -0.2) is 4.79 Å². The number of hydrogen-bond donors (Lipinski definition) is 0. The minimum absolute atomic E-state index is 0.0509. The van der Waals surface area contributed by atoms with Crippen molar-refractivity contribution in [3.63, 3.8) is 0 Å². The third-order valence-electron chi connectivity index (χ3n) is 4.64. The normalized spacial score (nSPS) is 16.7. The fourth-order valence-electron chi connectivity index (χ4n) is 3.22. The van der Waals surface area contributed by atoms with Gasteiger partial charge in [0.15, 0.2) is 5.82 Å². The summed E-state index contributed by atoms with van der Waals surface area (Å²) in [6.07, 6.45) is 0. The molecule has 26 heavy (non-hydrogen) atoms. The van der Waals surface area contributed by atoms with Crippen molar-refractivity contribution in [1.29, 1.82) is 0 Å². The zero-order valence-electron chi connectivity index (χ0n) is 14.8. The lowest BCUT2D eigenvalue weighted by Crippen LogP contribution is -2.50. The number of carbonyl (C=O) groups is 1. The lowest BCUT2D eigenvalue weighted by atomic mass is 10.1. The van der Waals surface area contributed by atoms with E-state index >= 15 is 0 Å². The fourth-order valence-corrected chi connectivity index (χ4v) is 3.22. The number of aromatic nitrogens is 3. The van der Waals surface area contributed by atoms with Crippen LogP contribution in [0.1, 0.15) is 22.8 Å². The number of hydrogen-bond acceptors (Lipinski definition) is 4. The van der Waals surface area contributed by atoms with Crippen LogP contribution in [-0.4, -0.2) is 63.4 Å². The van der Waals surface area contributed by atoms with Crippen LogP contribution < -0.4 is 0 Å². The SMILES string of the molecule is Cc1cccc(C#Cc2nnc3n2CCN(C(=O)N2CCOCC2)C3)c1. The molecule has 0 spiro atoms. The Morgan fingerprint density at radius 1 is 1.08 bits per heavy atom. The molecule has 1 fully saturated rings. The second-order valence-corrected chi connectivity index (χ2v) is 6.51. The molecule has 3 heterocycles. The number of carbonyl (C=O) groups excluding carboxylic acids is 1. The molecule has 0 aliphatic carbocycles. The number of nitrogens with zero attached hydrogens (tertiary/aromatic N) is 5. The molecule has 1 saturated heterocycles. The number of morpholine rings is 1. The summed E-state index contributed by atoms with van der Waals surface area (Å²) in [5, 5.41) is 8.45. The zero-order valence-corrected chi connectivity index (χ0v) is 14.8. The summed E-state index contributed by atoms with van der Waals surface area (Å²) in [6.45, 7) is 6.32. The molecule has 0 unspecified atom stereocenters. The maximum atomic E-state index is 12.6. The van der Waals surface area contributed by atoms with Crippen molar-refractivity contribution in [3.8, 4) is 11.8 Å². The summed E-state index contributed by atoms with van der Waals surface area (Å²) >= 11 is 0. The van der Waals surface area contributed by atoms with E-state index in [4.69, 9.17) is 4.74 Å². The average molecular weight is 351 g/mol. The molecule has 0 N–H and O–H groups in total. The molecular weight excluding hydrogens is 330 g/mol. The first-order valence-electron chi connectivity index (χ1n) is 8.83. The van der Waals surface area contributed by atoms with Gasteiger partial charge in [0.05, 0.1) is 19.8 Å². The first-order valence-corrected chi connectivity index (χ1v) is 8.83. The van der Waals surface area contributed by atoms with Crippen LogP contribution in [-0.2, 0) is 17.8 Å². The van der Waals surface area contributed by atoms with E-state index in [1.165, 1.54) is 5.56 Å². The smallest absolute Gasteiger partial charge is 0.320 e. The summed E-state index contributed by atoms with van der Waals surface area (Å²) in [7, 11) is 0. The zero-order chi connectivity index (χ0) is 17.9. The Kier molecular flexibility index (Phi) is 4.59. The van der Waals surface area contributed by atoms with Crippen molar-refractivity contribution in [1.82, 2.24) is 24.6 Å². The number of benzene rings is 1. The van der Waals surface area contributed by atoms with E-state index in [-0.39, 0.29) is 6.03 Å². The molecule has 4 rings (SSSR count). The topological polar surface area (TPSA) is 63.5 Å². The predicted octanol–water partition coefficient (Wildman–Crippen LogP) is 1.25. The number of urea groups is 1. The van der Waals surface area contributed by atoms with Crippen molar-refractivity contribution in [2.45, 2.75) is 20.0 Å². The van der Waals surface area contributed by atoms with Crippen LogP contribution in [0.25, 0.3) is 0 Å². The van der Waals surface area contributed by atoms with Crippen LogP contribution in [0, 0.1) is 18.8 Å². The average Bonchev–Trinajstić information content (AvgIpc) is 3.09. The molecule has 134 valence electrons. The highest BCUT2D eigenvalue weighted by Crippen LogP contribution is 2.15. The molecule has 0 bridgehead atoms. The van der Waals surface area contributed by atoms with E-state index in [1.807, 2.05) is 45.6 Å².